The van der Waals surface area contributed by atoms with Crippen molar-refractivity contribution in [3.8, 4) is 0 Å². The fraction of sp³-hybridized carbons (Fsp3) is 0.765. The third kappa shape index (κ3) is 3.37. The normalized spacial score (nSPS) is 26.7. The Kier molecular flexibility index (Phi) is 4.43. The maximum absolute atomic E-state index is 4.73. The molecule has 116 valence electrons. The average molecular weight is 288 g/mol. The zero-order chi connectivity index (χ0) is 14.8. The van der Waals surface area contributed by atoms with E-state index in [4.69, 9.17) is 4.98 Å². The highest BCUT2D eigenvalue weighted by molar-refractivity contribution is 5.41. The van der Waals surface area contributed by atoms with Crippen molar-refractivity contribution in [3.63, 3.8) is 0 Å². The molecule has 3 rings (SSSR count). The first-order valence-electron chi connectivity index (χ1n) is 8.45. The predicted octanol–water partition coefficient (Wildman–Crippen LogP) is 2.66. The molecule has 2 aliphatic rings. The quantitative estimate of drug-likeness (QED) is 0.856. The van der Waals surface area contributed by atoms with Gasteiger partial charge in [0.1, 0.15) is 11.6 Å². The molecule has 0 unspecified atom stereocenters. The van der Waals surface area contributed by atoms with Crippen LogP contribution in [0.2, 0.25) is 0 Å². The Labute approximate surface area is 128 Å². The number of anilines is 1. The van der Waals surface area contributed by atoms with Crippen molar-refractivity contribution in [1.82, 2.24) is 14.9 Å². The lowest BCUT2D eigenvalue weighted by Gasteiger charge is -2.30. The van der Waals surface area contributed by atoms with E-state index < -0.39 is 0 Å². The highest BCUT2D eigenvalue weighted by Crippen LogP contribution is 2.28. The molecule has 4 heteroatoms. The van der Waals surface area contributed by atoms with Gasteiger partial charge in [0.15, 0.2) is 0 Å². The molecule has 0 aromatic carbocycles. The van der Waals surface area contributed by atoms with Crippen molar-refractivity contribution in [2.24, 2.45) is 5.92 Å². The van der Waals surface area contributed by atoms with E-state index in [1.54, 1.807) is 0 Å². The van der Waals surface area contributed by atoms with Gasteiger partial charge in [-0.2, -0.15) is 0 Å². The van der Waals surface area contributed by atoms with Gasteiger partial charge in [-0.15, -0.1) is 0 Å². The minimum absolute atomic E-state index is 0.683. The zero-order valence-corrected chi connectivity index (χ0v) is 13.7. The molecule has 2 fully saturated rings. The lowest BCUT2D eigenvalue weighted by molar-refractivity contribution is 0.249. The molecule has 4 nitrogen and oxygen atoms in total. The minimum atomic E-state index is 0.683. The lowest BCUT2D eigenvalue weighted by Crippen LogP contribution is -2.39. The van der Waals surface area contributed by atoms with E-state index in [0.29, 0.717) is 6.04 Å². The Morgan fingerprint density at radius 1 is 1.19 bits per heavy atom. The van der Waals surface area contributed by atoms with Crippen LogP contribution in [-0.4, -0.2) is 47.6 Å². The summed E-state index contributed by atoms with van der Waals surface area (Å²) in [5.74, 6) is 2.85. The number of fused-ring (bicyclic) bond motifs is 3. The van der Waals surface area contributed by atoms with Gasteiger partial charge in [-0.1, -0.05) is 19.8 Å². The van der Waals surface area contributed by atoms with E-state index in [1.807, 2.05) is 6.92 Å². The van der Waals surface area contributed by atoms with E-state index in [1.165, 1.54) is 31.5 Å². The smallest absolute Gasteiger partial charge is 0.132 e. The average Bonchev–Trinajstić information content (AvgIpc) is 2.66. The van der Waals surface area contributed by atoms with Crippen LogP contribution in [0, 0.1) is 12.8 Å². The molecule has 2 saturated heterocycles. The Hall–Kier alpha value is -1.16. The van der Waals surface area contributed by atoms with Gasteiger partial charge in [0.2, 0.25) is 0 Å². The van der Waals surface area contributed by atoms with Gasteiger partial charge in [0.05, 0.1) is 0 Å². The van der Waals surface area contributed by atoms with Crippen LogP contribution < -0.4 is 4.90 Å². The van der Waals surface area contributed by atoms with Crippen LogP contribution in [0.25, 0.3) is 0 Å². The molecule has 0 N–H and O–H groups in total. The molecule has 21 heavy (non-hydrogen) atoms. The first-order valence-corrected chi connectivity index (χ1v) is 8.45. The van der Waals surface area contributed by atoms with Gasteiger partial charge >= 0.3 is 0 Å². The minimum Gasteiger partial charge on any atom is -0.355 e. The Bertz CT molecular complexity index is 488. The van der Waals surface area contributed by atoms with Gasteiger partial charge in [0.25, 0.3) is 0 Å². The largest absolute Gasteiger partial charge is 0.355 e. The van der Waals surface area contributed by atoms with Gasteiger partial charge in [-0.3, -0.25) is 0 Å². The third-order valence-electron chi connectivity index (χ3n) is 4.94. The molecule has 0 saturated carbocycles. The fourth-order valence-corrected chi connectivity index (χ4v) is 3.88. The highest BCUT2D eigenvalue weighted by atomic mass is 15.3. The van der Waals surface area contributed by atoms with Crippen LogP contribution in [0.3, 0.4) is 0 Å². The third-order valence-corrected chi connectivity index (χ3v) is 4.94. The number of nitrogens with zero attached hydrogens (tertiary/aromatic N) is 4. The summed E-state index contributed by atoms with van der Waals surface area (Å²) in [4.78, 5) is 14.4. The van der Waals surface area contributed by atoms with Crippen molar-refractivity contribution in [2.45, 2.75) is 52.0 Å². The van der Waals surface area contributed by atoms with Crippen molar-refractivity contribution in [1.29, 1.82) is 0 Å². The van der Waals surface area contributed by atoms with Crippen molar-refractivity contribution < 1.29 is 0 Å². The van der Waals surface area contributed by atoms with Crippen LogP contribution >= 0.6 is 0 Å². The molecule has 1 aromatic rings. The van der Waals surface area contributed by atoms with E-state index in [2.05, 4.69) is 34.8 Å². The second-order valence-electron chi connectivity index (χ2n) is 6.81. The SMILES string of the molecule is CCCc1cc(N2C[C@H]3CCC[C@@H](C2)N(C)C3)nc(C)n1. The van der Waals surface area contributed by atoms with E-state index in [9.17, 15) is 0 Å². The number of aromatic nitrogens is 2. The number of hydrogen-bond donors (Lipinski definition) is 0. The summed E-state index contributed by atoms with van der Waals surface area (Å²) in [6.45, 7) is 7.75. The molecule has 0 amide bonds. The summed E-state index contributed by atoms with van der Waals surface area (Å²) < 4.78 is 0. The number of rotatable bonds is 3. The Morgan fingerprint density at radius 2 is 2.05 bits per heavy atom. The lowest BCUT2D eigenvalue weighted by atomic mass is 10.00. The van der Waals surface area contributed by atoms with Crippen LogP contribution in [0.5, 0.6) is 0 Å². The van der Waals surface area contributed by atoms with Crippen molar-refractivity contribution in [3.05, 3.63) is 17.6 Å². The van der Waals surface area contributed by atoms with Crippen LogP contribution in [0.4, 0.5) is 5.82 Å². The van der Waals surface area contributed by atoms with Gasteiger partial charge < -0.3 is 9.80 Å². The summed E-state index contributed by atoms with van der Waals surface area (Å²) >= 11 is 0. The molecule has 2 bridgehead atoms. The van der Waals surface area contributed by atoms with Crippen LogP contribution in [0.1, 0.15) is 44.1 Å². The fourth-order valence-electron chi connectivity index (χ4n) is 3.88. The Balaban J connectivity index is 1.86. The predicted molar refractivity (Wildman–Crippen MR) is 86.7 cm³/mol. The molecule has 2 atom stereocenters. The standard InChI is InChI=1S/C17H28N4/c1-4-6-15-9-17(19-13(2)18-15)21-11-14-7-5-8-16(12-21)20(3)10-14/h9,14,16H,4-8,10-12H2,1-3H3/t14-,16-/m0/s1. The molecule has 3 heterocycles. The van der Waals surface area contributed by atoms with E-state index in [-0.39, 0.29) is 0 Å². The molecular weight excluding hydrogens is 260 g/mol. The summed E-state index contributed by atoms with van der Waals surface area (Å²) in [6, 6.07) is 2.90. The molecule has 0 spiro atoms. The second-order valence-corrected chi connectivity index (χ2v) is 6.81. The molecule has 1 aromatic heterocycles. The molecule has 0 aliphatic carbocycles. The topological polar surface area (TPSA) is 32.3 Å². The van der Waals surface area contributed by atoms with E-state index in [0.717, 1.165) is 43.5 Å². The van der Waals surface area contributed by atoms with Crippen LogP contribution in [0.15, 0.2) is 6.07 Å². The van der Waals surface area contributed by atoms with Crippen molar-refractivity contribution >= 4 is 5.82 Å². The van der Waals surface area contributed by atoms with Gasteiger partial charge in [0, 0.05) is 37.4 Å². The first kappa shape index (κ1) is 14.8. The number of hydrogen-bond acceptors (Lipinski definition) is 4. The first-order chi connectivity index (χ1) is 10.2. The second kappa shape index (κ2) is 6.30. The highest BCUT2D eigenvalue weighted by Gasteiger charge is 2.31. The van der Waals surface area contributed by atoms with E-state index >= 15 is 0 Å². The summed E-state index contributed by atoms with van der Waals surface area (Å²) in [5, 5.41) is 0. The number of likely N-dealkylation sites (N-methyl/N-ethyl adjacent to an activating group) is 1. The van der Waals surface area contributed by atoms with Crippen LogP contribution in [-0.2, 0) is 6.42 Å². The summed E-state index contributed by atoms with van der Waals surface area (Å²) in [6.07, 6.45) is 6.27. The molecule has 0 radical (unpaired) electrons. The van der Waals surface area contributed by atoms with Gasteiger partial charge in [-0.05, 0) is 39.2 Å². The summed E-state index contributed by atoms with van der Waals surface area (Å²) in [5.41, 5.74) is 1.20. The zero-order valence-electron chi connectivity index (χ0n) is 13.7. The Morgan fingerprint density at radius 3 is 2.86 bits per heavy atom. The summed E-state index contributed by atoms with van der Waals surface area (Å²) in [7, 11) is 2.29. The maximum atomic E-state index is 4.73. The molecular formula is C17H28N4. The maximum Gasteiger partial charge on any atom is 0.132 e. The number of aryl methyl sites for hydroxylation is 2. The monoisotopic (exact) mass is 288 g/mol. The van der Waals surface area contributed by atoms with Crippen molar-refractivity contribution in [2.75, 3.05) is 31.6 Å². The van der Waals surface area contributed by atoms with Gasteiger partial charge in [-0.25, -0.2) is 9.97 Å². The molecule has 2 aliphatic heterocycles.